The third-order valence-corrected chi connectivity index (χ3v) is 5.57. The molecular weight excluding hydrogens is 388 g/mol. The van der Waals surface area contributed by atoms with Crippen LogP contribution in [0, 0.1) is 0 Å². The number of anilines is 1. The van der Waals surface area contributed by atoms with Gasteiger partial charge >= 0.3 is 11.9 Å². The van der Waals surface area contributed by atoms with Gasteiger partial charge in [-0.2, -0.15) is 0 Å². The molecule has 0 saturated heterocycles. The van der Waals surface area contributed by atoms with Crippen LogP contribution in [0.2, 0.25) is 0 Å². The molecule has 0 aliphatic rings. The maximum atomic E-state index is 12.1. The van der Waals surface area contributed by atoms with Gasteiger partial charge in [-0.3, -0.25) is 5.10 Å². The second-order valence-corrected chi connectivity index (χ2v) is 7.25. The fraction of sp³-hybridized carbons (Fsp3) is 0.176. The van der Waals surface area contributed by atoms with Gasteiger partial charge in [0.2, 0.25) is 5.16 Å². The molecule has 0 unspecified atom stereocenters. The van der Waals surface area contributed by atoms with Crippen LogP contribution >= 0.6 is 23.1 Å². The molecular formula is C17H16N4O4S2. The Morgan fingerprint density at radius 2 is 1.89 bits per heavy atom. The zero-order valence-corrected chi connectivity index (χ0v) is 16.1. The zero-order valence-electron chi connectivity index (χ0n) is 14.5. The third-order valence-electron chi connectivity index (χ3n) is 3.65. The first-order chi connectivity index (χ1) is 13.0. The highest BCUT2D eigenvalue weighted by atomic mass is 32.2. The number of aromatic amines is 1. The number of nitrogen functional groups attached to an aromatic ring is 1. The molecule has 0 atom stereocenters. The van der Waals surface area contributed by atoms with Crippen molar-refractivity contribution in [3.8, 4) is 11.4 Å². The average molecular weight is 404 g/mol. The van der Waals surface area contributed by atoms with Crippen molar-refractivity contribution < 1.29 is 19.1 Å². The van der Waals surface area contributed by atoms with Crippen LogP contribution in [0.15, 0.2) is 35.5 Å². The smallest absolute Gasteiger partial charge is 0.348 e. The Labute approximate surface area is 163 Å². The Balaban J connectivity index is 1.86. The summed E-state index contributed by atoms with van der Waals surface area (Å²) in [6.45, 7) is 0. The quantitative estimate of drug-likeness (QED) is 0.475. The summed E-state index contributed by atoms with van der Waals surface area (Å²) in [5.41, 5.74) is 7.45. The van der Waals surface area contributed by atoms with Crippen molar-refractivity contribution in [2.75, 3.05) is 20.0 Å². The number of carbonyl (C=O) groups is 2. The first-order valence-electron chi connectivity index (χ1n) is 7.73. The van der Waals surface area contributed by atoms with E-state index in [1.165, 1.54) is 26.0 Å². The Hall–Kier alpha value is -2.85. The van der Waals surface area contributed by atoms with E-state index in [9.17, 15) is 9.59 Å². The van der Waals surface area contributed by atoms with Gasteiger partial charge in [0, 0.05) is 16.9 Å². The summed E-state index contributed by atoms with van der Waals surface area (Å²) >= 11 is 2.26. The molecule has 2 heterocycles. The molecule has 8 nitrogen and oxygen atoms in total. The largest absolute Gasteiger partial charge is 0.465 e. The highest BCUT2D eigenvalue weighted by Crippen LogP contribution is 2.36. The SMILES string of the molecule is COC(=O)c1sc(N)c(C(=O)OC)c1CSc1n[nH]c(-c2ccccc2)n1. The average Bonchev–Trinajstić information content (AvgIpc) is 3.30. The van der Waals surface area contributed by atoms with Gasteiger partial charge in [-0.05, 0) is 0 Å². The minimum atomic E-state index is -0.602. The summed E-state index contributed by atoms with van der Waals surface area (Å²) in [6.07, 6.45) is 0. The Kier molecular flexibility index (Phi) is 5.77. The van der Waals surface area contributed by atoms with E-state index >= 15 is 0 Å². The predicted octanol–water partition coefficient (Wildman–Crippen LogP) is 2.98. The molecule has 0 bridgehead atoms. The molecule has 0 saturated carbocycles. The molecule has 140 valence electrons. The van der Waals surface area contributed by atoms with Crippen LogP contribution in [-0.2, 0) is 15.2 Å². The fourth-order valence-electron chi connectivity index (χ4n) is 2.38. The van der Waals surface area contributed by atoms with Crippen LogP contribution in [0.25, 0.3) is 11.4 Å². The van der Waals surface area contributed by atoms with Gasteiger partial charge in [-0.25, -0.2) is 14.6 Å². The molecule has 0 radical (unpaired) electrons. The van der Waals surface area contributed by atoms with E-state index in [2.05, 4.69) is 15.2 Å². The van der Waals surface area contributed by atoms with E-state index in [0.29, 0.717) is 16.5 Å². The van der Waals surface area contributed by atoms with Crippen LogP contribution in [0.3, 0.4) is 0 Å². The number of nitrogens with one attached hydrogen (secondary N) is 1. The van der Waals surface area contributed by atoms with E-state index in [4.69, 9.17) is 15.2 Å². The van der Waals surface area contributed by atoms with E-state index in [0.717, 1.165) is 16.9 Å². The van der Waals surface area contributed by atoms with Crippen molar-refractivity contribution in [3.63, 3.8) is 0 Å². The number of nitrogens with zero attached hydrogens (tertiary/aromatic N) is 2. The number of benzene rings is 1. The summed E-state index contributed by atoms with van der Waals surface area (Å²) < 4.78 is 9.58. The van der Waals surface area contributed by atoms with Crippen molar-refractivity contribution >= 4 is 40.0 Å². The highest BCUT2D eigenvalue weighted by molar-refractivity contribution is 7.98. The van der Waals surface area contributed by atoms with Gasteiger partial charge in [0.1, 0.15) is 9.88 Å². The van der Waals surface area contributed by atoms with Gasteiger partial charge in [0.15, 0.2) is 5.82 Å². The number of ether oxygens (including phenoxy) is 2. The Morgan fingerprint density at radius 1 is 1.19 bits per heavy atom. The molecule has 10 heteroatoms. The lowest BCUT2D eigenvalue weighted by Crippen LogP contribution is -2.08. The van der Waals surface area contributed by atoms with Crippen molar-refractivity contribution in [2.45, 2.75) is 10.9 Å². The standard InChI is InChI=1S/C17H16N4O4S2/c1-24-15(22)11-10(12(16(23)25-2)27-13(11)18)8-26-17-19-14(20-21-17)9-6-4-3-5-7-9/h3-7H,8,18H2,1-2H3,(H,19,20,21). The minimum absolute atomic E-state index is 0.175. The Morgan fingerprint density at radius 3 is 2.56 bits per heavy atom. The maximum absolute atomic E-state index is 12.1. The van der Waals surface area contributed by atoms with Crippen LogP contribution in [0.5, 0.6) is 0 Å². The maximum Gasteiger partial charge on any atom is 0.348 e. The van der Waals surface area contributed by atoms with Gasteiger partial charge < -0.3 is 15.2 Å². The Bertz CT molecular complexity index is 969. The number of H-pyrrole nitrogens is 1. The lowest BCUT2D eigenvalue weighted by atomic mass is 10.1. The molecule has 2 aromatic heterocycles. The van der Waals surface area contributed by atoms with Crippen LogP contribution in [-0.4, -0.2) is 41.3 Å². The van der Waals surface area contributed by atoms with Gasteiger partial charge in [-0.1, -0.05) is 42.1 Å². The number of hydrogen-bond acceptors (Lipinski definition) is 9. The van der Waals surface area contributed by atoms with Crippen molar-refractivity contribution in [1.82, 2.24) is 15.2 Å². The molecule has 0 amide bonds. The second-order valence-electron chi connectivity index (χ2n) is 5.25. The number of carbonyl (C=O) groups excluding carboxylic acids is 2. The van der Waals surface area contributed by atoms with E-state index in [1.807, 2.05) is 30.3 Å². The molecule has 1 aromatic carbocycles. The lowest BCUT2D eigenvalue weighted by molar-refractivity contribution is 0.0601. The number of aromatic nitrogens is 3. The monoisotopic (exact) mass is 404 g/mol. The minimum Gasteiger partial charge on any atom is -0.465 e. The third kappa shape index (κ3) is 3.96. The molecule has 0 aliphatic heterocycles. The molecule has 27 heavy (non-hydrogen) atoms. The molecule has 3 N–H and O–H groups in total. The summed E-state index contributed by atoms with van der Waals surface area (Å²) in [5, 5.41) is 7.73. The van der Waals surface area contributed by atoms with E-state index in [-0.39, 0.29) is 21.2 Å². The highest BCUT2D eigenvalue weighted by Gasteiger charge is 2.27. The summed E-state index contributed by atoms with van der Waals surface area (Å²) in [4.78, 5) is 28.8. The normalized spacial score (nSPS) is 10.6. The summed E-state index contributed by atoms with van der Waals surface area (Å²) in [5.74, 6) is -0.273. The molecule has 0 aliphatic carbocycles. The number of hydrogen-bond donors (Lipinski definition) is 2. The number of thioether (sulfide) groups is 1. The first-order valence-corrected chi connectivity index (χ1v) is 9.53. The summed E-state index contributed by atoms with van der Waals surface area (Å²) in [6, 6.07) is 9.56. The van der Waals surface area contributed by atoms with Crippen molar-refractivity contribution in [3.05, 3.63) is 46.3 Å². The number of thiophene rings is 1. The van der Waals surface area contributed by atoms with Crippen LogP contribution in [0.1, 0.15) is 25.6 Å². The van der Waals surface area contributed by atoms with Gasteiger partial charge in [0.05, 0.1) is 19.8 Å². The fourth-order valence-corrected chi connectivity index (χ4v) is 4.29. The topological polar surface area (TPSA) is 120 Å². The van der Waals surface area contributed by atoms with Gasteiger partial charge in [-0.15, -0.1) is 16.4 Å². The zero-order chi connectivity index (χ0) is 19.4. The first kappa shape index (κ1) is 18.9. The van der Waals surface area contributed by atoms with Crippen molar-refractivity contribution in [2.24, 2.45) is 0 Å². The number of rotatable bonds is 6. The van der Waals surface area contributed by atoms with Crippen molar-refractivity contribution in [1.29, 1.82) is 0 Å². The van der Waals surface area contributed by atoms with Crippen LogP contribution in [0.4, 0.5) is 5.00 Å². The predicted molar refractivity (Wildman–Crippen MR) is 103 cm³/mol. The molecule has 3 rings (SSSR count). The van der Waals surface area contributed by atoms with E-state index in [1.54, 1.807) is 0 Å². The lowest BCUT2D eigenvalue weighted by Gasteiger charge is -2.04. The molecule has 0 fully saturated rings. The second kappa shape index (κ2) is 8.23. The summed E-state index contributed by atoms with van der Waals surface area (Å²) in [7, 11) is 2.53. The van der Waals surface area contributed by atoms with Gasteiger partial charge in [0.25, 0.3) is 0 Å². The number of methoxy groups -OCH3 is 2. The molecule has 3 aromatic rings. The number of esters is 2. The van der Waals surface area contributed by atoms with E-state index < -0.39 is 11.9 Å². The number of nitrogens with two attached hydrogens (primary N) is 1. The van der Waals surface area contributed by atoms with Crippen LogP contribution < -0.4 is 5.73 Å². The molecule has 0 spiro atoms.